The van der Waals surface area contributed by atoms with Crippen LogP contribution in [0.2, 0.25) is 0 Å². The molecular formula is C10H13F3N2O2. The number of nitrogens with one attached hydrogen (secondary N) is 1. The Morgan fingerprint density at radius 2 is 2.24 bits per heavy atom. The lowest BCUT2D eigenvalue weighted by Gasteiger charge is -2.14. The molecule has 17 heavy (non-hydrogen) atoms. The van der Waals surface area contributed by atoms with Gasteiger partial charge < -0.3 is 10.1 Å². The molecule has 1 rings (SSSR count). The van der Waals surface area contributed by atoms with E-state index >= 15 is 0 Å². The molecule has 0 radical (unpaired) electrons. The van der Waals surface area contributed by atoms with Crippen molar-refractivity contribution >= 4 is 6.09 Å². The minimum absolute atomic E-state index is 0.0362. The highest BCUT2D eigenvalue weighted by molar-refractivity contribution is 5.70. The quantitative estimate of drug-likeness (QED) is 0.835. The molecule has 1 saturated carbocycles. The van der Waals surface area contributed by atoms with Crippen LogP contribution in [0.5, 0.6) is 0 Å². The Bertz CT molecular complexity index is 348. The average molecular weight is 250 g/mol. The summed E-state index contributed by atoms with van der Waals surface area (Å²) < 4.78 is 39.3. The first-order valence-electron chi connectivity index (χ1n) is 5.13. The number of amides is 1. The summed E-state index contributed by atoms with van der Waals surface area (Å²) in [7, 11) is 0. The zero-order valence-corrected chi connectivity index (χ0v) is 9.47. The lowest BCUT2D eigenvalue weighted by molar-refractivity contribution is -0.160. The van der Waals surface area contributed by atoms with E-state index in [0.717, 1.165) is 0 Å². The predicted octanol–water partition coefficient (Wildman–Crippen LogP) is 2.21. The van der Waals surface area contributed by atoms with Gasteiger partial charge in [0.25, 0.3) is 0 Å². The molecule has 4 nitrogen and oxygen atoms in total. The number of alkyl carbamates (subject to hydrolysis) is 1. The number of rotatable bonds is 3. The summed E-state index contributed by atoms with van der Waals surface area (Å²) in [4.78, 5) is 11.1. The lowest BCUT2D eigenvalue weighted by atomic mass is 10.1. The van der Waals surface area contributed by atoms with Gasteiger partial charge in [-0.3, -0.25) is 0 Å². The van der Waals surface area contributed by atoms with Crippen LogP contribution >= 0.6 is 0 Å². The van der Waals surface area contributed by atoms with Crippen LogP contribution < -0.4 is 5.32 Å². The number of carbonyl (C=O) groups is 1. The fourth-order valence-corrected chi connectivity index (χ4v) is 1.76. The Hall–Kier alpha value is -1.45. The van der Waals surface area contributed by atoms with Gasteiger partial charge >= 0.3 is 12.3 Å². The maximum absolute atomic E-state index is 11.8. The highest BCUT2D eigenvalue weighted by atomic mass is 19.4. The summed E-state index contributed by atoms with van der Waals surface area (Å²) in [6.45, 7) is 2.12. The molecule has 0 heterocycles. The minimum Gasteiger partial charge on any atom is -0.440 e. The Labute approximate surface area is 96.7 Å². The molecule has 0 aromatic rings. The molecule has 96 valence electrons. The predicted molar refractivity (Wildman–Crippen MR) is 51.8 cm³/mol. The monoisotopic (exact) mass is 250 g/mol. The van der Waals surface area contributed by atoms with E-state index in [2.05, 4.69) is 10.1 Å². The van der Waals surface area contributed by atoms with Crippen molar-refractivity contribution in [2.24, 2.45) is 11.8 Å². The molecular weight excluding hydrogens is 237 g/mol. The summed E-state index contributed by atoms with van der Waals surface area (Å²) >= 11 is 0. The number of hydrogen-bond acceptors (Lipinski definition) is 3. The van der Waals surface area contributed by atoms with Crippen molar-refractivity contribution in [1.29, 1.82) is 5.26 Å². The Kier molecular flexibility index (Phi) is 3.55. The maximum Gasteiger partial charge on any atom is 0.422 e. The van der Waals surface area contributed by atoms with Gasteiger partial charge in [0.1, 0.15) is 5.54 Å². The third-order valence-corrected chi connectivity index (χ3v) is 2.71. The van der Waals surface area contributed by atoms with Crippen molar-refractivity contribution in [2.75, 3.05) is 6.61 Å². The maximum atomic E-state index is 11.8. The molecule has 2 atom stereocenters. The Morgan fingerprint density at radius 1 is 1.65 bits per heavy atom. The zero-order valence-electron chi connectivity index (χ0n) is 9.47. The van der Waals surface area contributed by atoms with Crippen LogP contribution in [0.3, 0.4) is 0 Å². The van der Waals surface area contributed by atoms with E-state index in [4.69, 9.17) is 5.26 Å². The number of carbonyl (C=O) groups excluding carboxylic acids is 1. The van der Waals surface area contributed by atoms with Gasteiger partial charge in [0.2, 0.25) is 0 Å². The van der Waals surface area contributed by atoms with E-state index in [9.17, 15) is 18.0 Å². The van der Waals surface area contributed by atoms with Crippen molar-refractivity contribution in [3.05, 3.63) is 0 Å². The van der Waals surface area contributed by atoms with Crippen molar-refractivity contribution < 1.29 is 22.7 Å². The minimum atomic E-state index is -4.56. The van der Waals surface area contributed by atoms with E-state index in [1.165, 1.54) is 0 Å². The molecule has 0 aliphatic heterocycles. The molecule has 1 amide bonds. The van der Waals surface area contributed by atoms with Gasteiger partial charge in [-0.15, -0.1) is 0 Å². The van der Waals surface area contributed by atoms with Gasteiger partial charge in [-0.2, -0.15) is 18.4 Å². The molecule has 7 heteroatoms. The van der Waals surface area contributed by atoms with E-state index < -0.39 is 24.4 Å². The molecule has 1 aliphatic carbocycles. The van der Waals surface area contributed by atoms with Crippen LogP contribution in [0.15, 0.2) is 0 Å². The number of ether oxygens (including phenoxy) is 1. The summed E-state index contributed by atoms with van der Waals surface area (Å²) in [5, 5.41) is 11.1. The van der Waals surface area contributed by atoms with Gasteiger partial charge in [0, 0.05) is 5.92 Å². The van der Waals surface area contributed by atoms with E-state index in [1.807, 2.05) is 19.9 Å². The molecule has 0 saturated heterocycles. The fraction of sp³-hybridized carbons (Fsp3) is 0.800. The van der Waals surface area contributed by atoms with E-state index in [-0.39, 0.29) is 11.8 Å². The third-order valence-electron chi connectivity index (χ3n) is 2.71. The third kappa shape index (κ3) is 3.51. The van der Waals surface area contributed by atoms with Gasteiger partial charge in [-0.1, -0.05) is 13.8 Å². The van der Waals surface area contributed by atoms with Gasteiger partial charge in [0.05, 0.1) is 6.07 Å². The largest absolute Gasteiger partial charge is 0.440 e. The highest BCUT2D eigenvalue weighted by Crippen LogP contribution is 2.47. The average Bonchev–Trinajstić information content (AvgIpc) is 2.89. The van der Waals surface area contributed by atoms with Crippen LogP contribution in [0.4, 0.5) is 18.0 Å². The SMILES string of the molecule is CC(C)C1C[C@@]1(C#N)NC(=O)OCC(F)(F)F. The Balaban J connectivity index is 2.45. The smallest absolute Gasteiger partial charge is 0.422 e. The van der Waals surface area contributed by atoms with Crippen molar-refractivity contribution in [3.8, 4) is 6.07 Å². The van der Waals surface area contributed by atoms with E-state index in [0.29, 0.717) is 6.42 Å². The van der Waals surface area contributed by atoms with Crippen molar-refractivity contribution in [2.45, 2.75) is 32.0 Å². The van der Waals surface area contributed by atoms with Crippen LogP contribution in [0.25, 0.3) is 0 Å². The number of nitrogens with zero attached hydrogens (tertiary/aromatic N) is 1. The van der Waals surface area contributed by atoms with Crippen LogP contribution in [0, 0.1) is 23.2 Å². The summed E-state index contributed by atoms with van der Waals surface area (Å²) in [5.74, 6) is 0.142. The zero-order chi connectivity index (χ0) is 13.3. The van der Waals surface area contributed by atoms with Crippen LogP contribution in [0.1, 0.15) is 20.3 Å². The molecule has 0 aromatic carbocycles. The number of alkyl halides is 3. The second-order valence-corrected chi connectivity index (χ2v) is 4.45. The fourth-order valence-electron chi connectivity index (χ4n) is 1.76. The molecule has 1 N–H and O–H groups in total. The first kappa shape index (κ1) is 13.6. The Morgan fingerprint density at radius 3 is 2.59 bits per heavy atom. The lowest BCUT2D eigenvalue weighted by Crippen LogP contribution is -2.39. The summed E-state index contributed by atoms with van der Waals surface area (Å²) in [6, 6.07) is 1.92. The number of nitriles is 1. The number of hydrogen-bond donors (Lipinski definition) is 1. The van der Waals surface area contributed by atoms with Gasteiger partial charge in [-0.05, 0) is 12.3 Å². The first-order chi connectivity index (χ1) is 7.70. The molecule has 0 bridgehead atoms. The normalized spacial score (nSPS) is 27.5. The van der Waals surface area contributed by atoms with Gasteiger partial charge in [-0.25, -0.2) is 4.79 Å². The summed E-state index contributed by atoms with van der Waals surface area (Å²) in [5.41, 5.74) is -1.06. The highest BCUT2D eigenvalue weighted by Gasteiger charge is 2.57. The second kappa shape index (κ2) is 4.43. The molecule has 0 aromatic heterocycles. The second-order valence-electron chi connectivity index (χ2n) is 4.45. The number of halogens is 3. The molecule has 1 aliphatic rings. The van der Waals surface area contributed by atoms with Crippen LogP contribution in [-0.2, 0) is 4.74 Å². The topological polar surface area (TPSA) is 62.1 Å². The van der Waals surface area contributed by atoms with Crippen molar-refractivity contribution in [3.63, 3.8) is 0 Å². The molecule has 0 spiro atoms. The van der Waals surface area contributed by atoms with E-state index in [1.54, 1.807) is 0 Å². The van der Waals surface area contributed by atoms with Gasteiger partial charge in [0.15, 0.2) is 6.61 Å². The molecule has 1 unspecified atom stereocenters. The standard InChI is InChI=1S/C10H13F3N2O2/c1-6(2)7-3-9(7,4-14)15-8(16)17-5-10(11,12)13/h6-7H,3,5H2,1-2H3,(H,15,16)/t7?,9-/m0/s1. The summed E-state index contributed by atoms with van der Waals surface area (Å²) in [6.07, 6.45) is -5.31. The molecule has 1 fully saturated rings. The first-order valence-corrected chi connectivity index (χ1v) is 5.13. The van der Waals surface area contributed by atoms with Crippen LogP contribution in [-0.4, -0.2) is 24.4 Å². The van der Waals surface area contributed by atoms with Crippen molar-refractivity contribution in [1.82, 2.24) is 5.32 Å².